The lowest BCUT2D eigenvalue weighted by Crippen LogP contribution is -2.55. The van der Waals surface area contributed by atoms with Crippen LogP contribution in [0, 0.1) is 0 Å². The number of fused-ring (bicyclic) bond motifs is 6. The van der Waals surface area contributed by atoms with E-state index in [4.69, 9.17) is 39.2 Å². The molecule has 228 valence electrons. The summed E-state index contributed by atoms with van der Waals surface area (Å²) in [4.78, 5) is 0. The van der Waals surface area contributed by atoms with Crippen molar-refractivity contribution in [2.45, 2.75) is 38.5 Å². The SMILES string of the molecule is [B]c1c([B])c([B])c(-c2ccc3ccc4c(-c5ccc6c(c5)-c5cc7c(cc5C6(C)C)C(C)(C)c5ccccc5-7)ccc5ccc2c3c54)c([B])c1[B]. The third-order valence-corrected chi connectivity index (χ3v) is 12.3. The van der Waals surface area contributed by atoms with E-state index < -0.39 is 0 Å². The molecule has 8 aromatic carbocycles. The Labute approximate surface area is 306 Å². The molecule has 0 bridgehead atoms. The van der Waals surface area contributed by atoms with E-state index in [0.29, 0.717) is 16.5 Å². The van der Waals surface area contributed by atoms with Crippen LogP contribution in [0.4, 0.5) is 0 Å². The molecule has 2 aliphatic carbocycles. The van der Waals surface area contributed by atoms with Crippen molar-refractivity contribution >= 4 is 98.9 Å². The molecule has 0 nitrogen and oxygen atoms in total. The molecule has 10 radical (unpaired) electrons. The minimum absolute atomic E-state index is 0.0386. The molecule has 0 fully saturated rings. The second-order valence-corrected chi connectivity index (χ2v) is 15.6. The summed E-state index contributed by atoms with van der Waals surface area (Å²) in [6.07, 6.45) is 0. The lowest BCUT2D eigenvalue weighted by molar-refractivity contribution is 0.639. The molecule has 0 saturated heterocycles. The predicted molar refractivity (Wildman–Crippen MR) is 223 cm³/mol. The van der Waals surface area contributed by atoms with Crippen molar-refractivity contribution in [3.05, 3.63) is 125 Å². The highest BCUT2D eigenvalue weighted by atomic mass is 14.4. The summed E-state index contributed by atoms with van der Waals surface area (Å²) in [6, 6.07) is 38.4. The van der Waals surface area contributed by atoms with Crippen LogP contribution in [0.1, 0.15) is 49.9 Å². The van der Waals surface area contributed by atoms with Crippen molar-refractivity contribution in [2.24, 2.45) is 0 Å². The van der Waals surface area contributed by atoms with Gasteiger partial charge < -0.3 is 0 Å². The first-order valence-corrected chi connectivity index (χ1v) is 17.6. The van der Waals surface area contributed by atoms with Gasteiger partial charge in [0.05, 0.1) is 0 Å². The smallest absolute Gasteiger partial charge is 0.112 e. The fraction of sp³-hybridized carbons (Fsp3) is 0.130. The van der Waals surface area contributed by atoms with E-state index in [1.54, 1.807) is 0 Å². The Morgan fingerprint density at radius 2 is 0.863 bits per heavy atom. The van der Waals surface area contributed by atoms with Gasteiger partial charge in [0.25, 0.3) is 0 Å². The number of rotatable bonds is 2. The molecule has 5 heteroatoms. The van der Waals surface area contributed by atoms with Crippen LogP contribution in [0.15, 0.2) is 103 Å². The van der Waals surface area contributed by atoms with E-state index in [1.807, 2.05) is 0 Å². The highest BCUT2D eigenvalue weighted by molar-refractivity contribution is 6.69. The quantitative estimate of drug-likeness (QED) is 0.150. The van der Waals surface area contributed by atoms with Gasteiger partial charge in [-0.25, -0.2) is 0 Å². The first kappa shape index (κ1) is 30.9. The first-order chi connectivity index (χ1) is 24.4. The lowest BCUT2D eigenvalue weighted by atomic mass is 9.59. The summed E-state index contributed by atoms with van der Waals surface area (Å²) in [5.41, 5.74) is 16.1. The fourth-order valence-electron chi connectivity index (χ4n) is 9.52. The van der Waals surface area contributed by atoms with Crippen molar-refractivity contribution in [3.63, 3.8) is 0 Å². The van der Waals surface area contributed by atoms with Crippen molar-refractivity contribution < 1.29 is 0 Å². The van der Waals surface area contributed by atoms with E-state index in [9.17, 15) is 0 Å². The maximum absolute atomic E-state index is 6.58. The van der Waals surface area contributed by atoms with E-state index in [2.05, 4.69) is 131 Å². The molecule has 0 N–H and O–H groups in total. The van der Waals surface area contributed by atoms with E-state index in [0.717, 1.165) is 21.7 Å². The largest absolute Gasteiger partial charge is 0.113 e. The molecule has 8 aromatic rings. The topological polar surface area (TPSA) is 0 Å². The van der Waals surface area contributed by atoms with Gasteiger partial charge >= 0.3 is 0 Å². The maximum Gasteiger partial charge on any atom is 0.113 e. The van der Waals surface area contributed by atoms with Gasteiger partial charge in [-0.1, -0.05) is 130 Å². The van der Waals surface area contributed by atoms with Crippen LogP contribution >= 0.6 is 0 Å². The molecule has 0 atom stereocenters. The van der Waals surface area contributed by atoms with Gasteiger partial charge in [-0.05, 0) is 111 Å². The molecule has 0 aliphatic heterocycles. The summed E-state index contributed by atoms with van der Waals surface area (Å²) in [5, 5.41) is 6.90. The molecule has 51 heavy (non-hydrogen) atoms. The van der Waals surface area contributed by atoms with Crippen molar-refractivity contribution in [2.75, 3.05) is 0 Å². The Balaban J connectivity index is 1.19. The van der Waals surface area contributed by atoms with Crippen LogP contribution in [-0.2, 0) is 10.8 Å². The predicted octanol–water partition coefficient (Wildman–Crippen LogP) is 6.50. The zero-order chi connectivity index (χ0) is 35.3. The summed E-state index contributed by atoms with van der Waals surface area (Å²) < 4.78 is 0. The van der Waals surface area contributed by atoms with Gasteiger partial charge in [-0.2, -0.15) is 0 Å². The third kappa shape index (κ3) is 3.88. The number of benzene rings is 8. The van der Waals surface area contributed by atoms with Crippen LogP contribution in [0.5, 0.6) is 0 Å². The Hall–Kier alpha value is -4.88. The van der Waals surface area contributed by atoms with Crippen LogP contribution in [0.2, 0.25) is 0 Å². The summed E-state index contributed by atoms with van der Waals surface area (Å²) in [7, 11) is 32.0. The van der Waals surface area contributed by atoms with Crippen molar-refractivity contribution in [1.82, 2.24) is 0 Å². The molecular formula is C46H29B5. The second kappa shape index (κ2) is 10.1. The first-order valence-electron chi connectivity index (χ1n) is 17.6. The molecule has 0 amide bonds. The van der Waals surface area contributed by atoms with Crippen LogP contribution in [0.3, 0.4) is 0 Å². The molecular weight excluding hydrogens is 607 g/mol. The summed E-state index contributed by atoms with van der Waals surface area (Å²) >= 11 is 0. The van der Waals surface area contributed by atoms with Crippen LogP contribution in [-0.4, -0.2) is 39.2 Å². The molecule has 0 saturated carbocycles. The van der Waals surface area contributed by atoms with Gasteiger partial charge in [-0.3, -0.25) is 0 Å². The van der Waals surface area contributed by atoms with Crippen LogP contribution in [0.25, 0.3) is 76.8 Å². The van der Waals surface area contributed by atoms with Gasteiger partial charge in [0.1, 0.15) is 39.2 Å². The zero-order valence-corrected chi connectivity index (χ0v) is 29.2. The molecule has 0 unspecified atom stereocenters. The third-order valence-electron chi connectivity index (χ3n) is 12.3. The highest BCUT2D eigenvalue weighted by Crippen LogP contribution is 2.56. The lowest BCUT2D eigenvalue weighted by Gasteiger charge is -2.25. The van der Waals surface area contributed by atoms with E-state index >= 15 is 0 Å². The highest BCUT2D eigenvalue weighted by Gasteiger charge is 2.41. The van der Waals surface area contributed by atoms with Gasteiger partial charge in [0.2, 0.25) is 0 Å². The average molecular weight is 636 g/mol. The molecule has 0 heterocycles. The average Bonchev–Trinajstić information content (AvgIpc) is 3.50. The fourth-order valence-corrected chi connectivity index (χ4v) is 9.52. The Morgan fingerprint density at radius 3 is 1.51 bits per heavy atom. The minimum atomic E-state index is -0.110. The normalized spacial score (nSPS) is 15.0. The summed E-state index contributed by atoms with van der Waals surface area (Å²) in [5.74, 6) is 0. The second-order valence-electron chi connectivity index (χ2n) is 15.6. The standard InChI is InChI=1S/C46H29B5/c1-45(2)33-8-6-5-7-26(33)31-20-32-30-19-24(13-18-34(30)46(3,4)36(32)21-35(31)45)25-14-9-22-11-16-28-29(17-12-23-10-15-27(25)37(22)38(23)28)39-40(47)42(49)44(51)43(50)41(39)48/h5-21H,1-4H3. The van der Waals surface area contributed by atoms with E-state index in [1.165, 1.54) is 71.8 Å². The molecule has 10 rings (SSSR count). The van der Waals surface area contributed by atoms with Gasteiger partial charge in [-0.15, -0.1) is 16.4 Å². The zero-order valence-electron chi connectivity index (χ0n) is 29.2. The van der Waals surface area contributed by atoms with Gasteiger partial charge in [0.15, 0.2) is 0 Å². The maximum atomic E-state index is 6.58. The van der Waals surface area contributed by atoms with E-state index in [-0.39, 0.29) is 27.2 Å². The molecule has 0 aromatic heterocycles. The Morgan fingerprint density at radius 1 is 0.373 bits per heavy atom. The van der Waals surface area contributed by atoms with Crippen molar-refractivity contribution in [1.29, 1.82) is 0 Å². The monoisotopic (exact) mass is 636 g/mol. The van der Waals surface area contributed by atoms with Crippen molar-refractivity contribution in [3.8, 4) is 44.5 Å². The number of hydrogen-bond acceptors (Lipinski definition) is 0. The molecule has 0 spiro atoms. The molecule has 2 aliphatic rings. The number of hydrogen-bond donors (Lipinski definition) is 0. The van der Waals surface area contributed by atoms with Crippen LogP contribution < -0.4 is 27.3 Å². The minimum Gasteiger partial charge on any atom is -0.112 e. The van der Waals surface area contributed by atoms with Gasteiger partial charge in [0, 0.05) is 10.8 Å². The Kier molecular flexibility index (Phi) is 6.14. The Bertz CT molecular complexity index is 2830. The summed E-state index contributed by atoms with van der Waals surface area (Å²) in [6.45, 7) is 9.46.